The number of imide groups is 1. The van der Waals surface area contributed by atoms with Crippen molar-refractivity contribution in [3.05, 3.63) is 72.2 Å². The Hall–Kier alpha value is -5.91. The number of methoxy groups -OCH3 is 1. The van der Waals surface area contributed by atoms with Crippen molar-refractivity contribution in [2.75, 3.05) is 26.7 Å². The molecular formula is C44H61N5O10. The van der Waals surface area contributed by atoms with Crippen molar-refractivity contribution < 1.29 is 47.8 Å². The summed E-state index contributed by atoms with van der Waals surface area (Å²) < 4.78 is 16.0. The van der Waals surface area contributed by atoms with Gasteiger partial charge in [-0.15, -0.1) is 5.92 Å². The molecular weight excluding hydrogens is 759 g/mol. The smallest absolute Gasteiger partial charge is 0.407 e. The summed E-state index contributed by atoms with van der Waals surface area (Å²) in [6.07, 6.45) is 18.1. The third kappa shape index (κ3) is 19.4. The van der Waals surface area contributed by atoms with Crippen molar-refractivity contribution in [2.45, 2.75) is 111 Å². The fourth-order valence-electron chi connectivity index (χ4n) is 5.84. The Morgan fingerprint density at radius 2 is 1.69 bits per heavy atom. The third-order valence-corrected chi connectivity index (χ3v) is 9.11. The van der Waals surface area contributed by atoms with Gasteiger partial charge in [-0.3, -0.25) is 28.9 Å². The maximum Gasteiger partial charge on any atom is 0.407 e. The molecule has 0 aromatic rings. The third-order valence-electron chi connectivity index (χ3n) is 9.11. The zero-order chi connectivity index (χ0) is 43.8. The molecule has 0 radical (unpaired) electrons. The lowest BCUT2D eigenvalue weighted by Gasteiger charge is -2.29. The highest BCUT2D eigenvalue weighted by Gasteiger charge is 2.32. The standard InChI is InChI=1S/C44H61N5O10/c1-8-9-18-33(58-43(56)47-28-16-27-45-36(50)20-11-10-14-29-49-38(52)24-25-39(49)53)19-15-26-46-41(54)40(44(4,5)6)48-37(51)21-13-12-17-31(2)30-32(3)34-22-23-35(57-7)42(55)59-34/h12-13,15,17,21,23-26,30,32-34,40H,10-11,14,16,18-20,22,27-29H2,1-7H3,(H,45,50)(H,46,54)(H,47,56)(H,48,51)/b17-12-,21-13-,26-15-,31-30+/t32-,33-,34-,40+/m0/s1. The summed E-state index contributed by atoms with van der Waals surface area (Å²) in [5.41, 5.74) is 0.302. The number of allylic oxidation sites excluding steroid dienone is 4. The molecule has 4 N–H and O–H groups in total. The number of carbonyl (C=O) groups excluding carboxylic acids is 7. The second-order valence-electron chi connectivity index (χ2n) is 15.2. The molecule has 15 nitrogen and oxygen atoms in total. The van der Waals surface area contributed by atoms with Crippen LogP contribution in [0.1, 0.15) is 92.9 Å². The van der Waals surface area contributed by atoms with E-state index in [4.69, 9.17) is 14.2 Å². The average molecular weight is 820 g/mol. The molecule has 15 heteroatoms. The molecule has 2 heterocycles. The Labute approximate surface area is 348 Å². The monoisotopic (exact) mass is 819 g/mol. The van der Waals surface area contributed by atoms with Crippen molar-refractivity contribution in [3.63, 3.8) is 0 Å². The van der Waals surface area contributed by atoms with Crippen LogP contribution in [-0.4, -0.2) is 91.5 Å². The molecule has 59 heavy (non-hydrogen) atoms. The van der Waals surface area contributed by atoms with Gasteiger partial charge in [0.05, 0.1) is 7.11 Å². The van der Waals surface area contributed by atoms with Crippen LogP contribution in [0, 0.1) is 23.2 Å². The predicted molar refractivity (Wildman–Crippen MR) is 222 cm³/mol. The van der Waals surface area contributed by atoms with Gasteiger partial charge in [0.1, 0.15) is 18.2 Å². The van der Waals surface area contributed by atoms with Crippen LogP contribution in [0.15, 0.2) is 72.2 Å². The van der Waals surface area contributed by atoms with E-state index in [2.05, 4.69) is 33.1 Å². The molecule has 6 amide bonds. The van der Waals surface area contributed by atoms with Crippen LogP contribution in [-0.2, 0) is 43.0 Å². The molecule has 322 valence electrons. The van der Waals surface area contributed by atoms with Crippen LogP contribution in [0.3, 0.4) is 0 Å². The lowest BCUT2D eigenvalue weighted by atomic mass is 9.86. The molecule has 2 aliphatic rings. The largest absolute Gasteiger partial charge is 0.490 e. The summed E-state index contributed by atoms with van der Waals surface area (Å²) in [5.74, 6) is 3.78. The number of carbonyl (C=O) groups is 7. The van der Waals surface area contributed by atoms with E-state index in [9.17, 15) is 33.6 Å². The quantitative estimate of drug-likeness (QED) is 0.0283. The van der Waals surface area contributed by atoms with Crippen LogP contribution < -0.4 is 21.3 Å². The Balaban J connectivity index is 1.73. The summed E-state index contributed by atoms with van der Waals surface area (Å²) in [4.78, 5) is 86.8. The molecule has 0 spiro atoms. The number of nitrogens with one attached hydrogen (secondary N) is 4. The van der Waals surface area contributed by atoms with E-state index in [-0.39, 0.29) is 54.9 Å². The lowest BCUT2D eigenvalue weighted by Crippen LogP contribution is -2.52. The van der Waals surface area contributed by atoms with Gasteiger partial charge < -0.3 is 35.5 Å². The second-order valence-corrected chi connectivity index (χ2v) is 15.2. The first kappa shape index (κ1) is 49.2. The van der Waals surface area contributed by atoms with Crippen LogP contribution in [0.5, 0.6) is 0 Å². The van der Waals surface area contributed by atoms with Gasteiger partial charge in [-0.2, -0.15) is 0 Å². The fourth-order valence-corrected chi connectivity index (χ4v) is 5.84. The topological polar surface area (TPSA) is 199 Å². The zero-order valence-electron chi connectivity index (χ0n) is 35.4. The minimum absolute atomic E-state index is 0.0403. The number of unbranched alkanes of at least 4 members (excludes halogenated alkanes) is 2. The minimum Gasteiger partial charge on any atom is -0.490 e. The van der Waals surface area contributed by atoms with E-state index in [1.54, 1.807) is 31.2 Å². The molecule has 0 saturated heterocycles. The van der Waals surface area contributed by atoms with Crippen LogP contribution in [0.2, 0.25) is 0 Å². The number of hydrogen-bond donors (Lipinski definition) is 4. The SMILES string of the molecule is CC#CC[C@@H](C/C=C\NC(=O)[C@@H](NC(=O)\C=C/C=C\C(C)=C\[C@H](C)[C@@H]1CC=C(OC)C(=O)O1)C(C)(C)C)OC(=O)NCCCNC(=O)CCCCCN1C(=O)C=CC1=O. The minimum atomic E-state index is -0.862. The van der Waals surface area contributed by atoms with Gasteiger partial charge in [0.2, 0.25) is 17.7 Å². The highest BCUT2D eigenvalue weighted by Crippen LogP contribution is 2.23. The fraction of sp³-hybridized carbons (Fsp3) is 0.523. The van der Waals surface area contributed by atoms with Crippen molar-refractivity contribution in [2.24, 2.45) is 11.3 Å². The molecule has 0 aromatic heterocycles. The van der Waals surface area contributed by atoms with Crippen LogP contribution >= 0.6 is 0 Å². The summed E-state index contributed by atoms with van der Waals surface area (Å²) in [7, 11) is 1.43. The first-order chi connectivity index (χ1) is 28.0. The maximum atomic E-state index is 13.2. The number of amides is 6. The summed E-state index contributed by atoms with van der Waals surface area (Å²) in [6, 6.07) is -0.862. The van der Waals surface area contributed by atoms with E-state index in [1.807, 2.05) is 46.8 Å². The van der Waals surface area contributed by atoms with Crippen LogP contribution in [0.25, 0.3) is 0 Å². The number of ether oxygens (including phenoxy) is 3. The number of alkyl carbamates (subject to hydrolysis) is 1. The van der Waals surface area contributed by atoms with Gasteiger partial charge in [0, 0.05) is 69.5 Å². The zero-order valence-corrected chi connectivity index (χ0v) is 35.4. The van der Waals surface area contributed by atoms with Gasteiger partial charge in [0.15, 0.2) is 5.76 Å². The molecule has 0 fully saturated rings. The first-order valence-electron chi connectivity index (χ1n) is 19.9. The van der Waals surface area contributed by atoms with Gasteiger partial charge in [0.25, 0.3) is 11.8 Å². The Kier molecular flexibility index (Phi) is 21.8. The molecule has 4 atom stereocenters. The molecule has 0 unspecified atom stereocenters. The Bertz CT molecular complexity index is 1720. The summed E-state index contributed by atoms with van der Waals surface area (Å²) >= 11 is 0. The molecule has 2 rings (SSSR count). The number of nitrogens with zero attached hydrogens (tertiary/aromatic N) is 1. The normalized spacial score (nSPS) is 17.2. The lowest BCUT2D eigenvalue weighted by molar-refractivity contribution is -0.151. The molecule has 0 bridgehead atoms. The van der Waals surface area contributed by atoms with Gasteiger partial charge in [-0.1, -0.05) is 76.0 Å². The van der Waals surface area contributed by atoms with Crippen molar-refractivity contribution >= 4 is 41.6 Å². The second kappa shape index (κ2) is 26.2. The molecule has 2 aliphatic heterocycles. The van der Waals surface area contributed by atoms with E-state index in [0.717, 1.165) is 5.57 Å². The van der Waals surface area contributed by atoms with Gasteiger partial charge >= 0.3 is 12.1 Å². The predicted octanol–water partition coefficient (Wildman–Crippen LogP) is 4.58. The first-order valence-corrected chi connectivity index (χ1v) is 19.9. The highest BCUT2D eigenvalue weighted by atomic mass is 16.6. The number of cyclic esters (lactones) is 1. The van der Waals surface area contributed by atoms with Crippen molar-refractivity contribution in [3.8, 4) is 11.8 Å². The molecule has 0 aliphatic carbocycles. The van der Waals surface area contributed by atoms with Gasteiger partial charge in [-0.05, 0) is 50.8 Å². The van der Waals surface area contributed by atoms with E-state index >= 15 is 0 Å². The number of hydrogen-bond acceptors (Lipinski definition) is 10. The molecule has 0 aromatic carbocycles. The Morgan fingerprint density at radius 1 is 1.00 bits per heavy atom. The highest BCUT2D eigenvalue weighted by molar-refractivity contribution is 6.12. The Morgan fingerprint density at radius 3 is 2.36 bits per heavy atom. The van der Waals surface area contributed by atoms with E-state index < -0.39 is 41.4 Å². The van der Waals surface area contributed by atoms with Crippen molar-refractivity contribution in [1.29, 1.82) is 0 Å². The van der Waals surface area contributed by atoms with Crippen LogP contribution in [0.4, 0.5) is 4.79 Å². The van der Waals surface area contributed by atoms with Crippen molar-refractivity contribution in [1.82, 2.24) is 26.2 Å². The number of esters is 1. The van der Waals surface area contributed by atoms with E-state index in [0.29, 0.717) is 51.6 Å². The summed E-state index contributed by atoms with van der Waals surface area (Å²) in [5, 5.41) is 11.0. The van der Waals surface area contributed by atoms with Gasteiger partial charge in [-0.25, -0.2) is 9.59 Å². The average Bonchev–Trinajstić information content (AvgIpc) is 3.50. The molecule has 0 saturated carbocycles. The summed E-state index contributed by atoms with van der Waals surface area (Å²) in [6.45, 7) is 12.0. The van der Waals surface area contributed by atoms with E-state index in [1.165, 1.54) is 36.4 Å². The maximum absolute atomic E-state index is 13.2. The number of rotatable bonds is 23.